The number of hydrogen-bond donors (Lipinski definition) is 2. The Morgan fingerprint density at radius 2 is 2.24 bits per heavy atom. The molecular formula is C13H14ClN5OS. The predicted molar refractivity (Wildman–Crippen MR) is 83.6 cm³/mol. The van der Waals surface area contributed by atoms with Crippen LogP contribution in [-0.4, -0.2) is 32.6 Å². The molecule has 0 aliphatic carbocycles. The van der Waals surface area contributed by atoms with Crippen LogP contribution in [0.2, 0.25) is 5.02 Å². The lowest BCUT2D eigenvalue weighted by Gasteiger charge is -2.04. The number of hydrogen-bond acceptors (Lipinski definition) is 5. The highest BCUT2D eigenvalue weighted by molar-refractivity contribution is 7.99. The maximum absolute atomic E-state index is 11.7. The number of benzene rings is 1. The van der Waals surface area contributed by atoms with E-state index < -0.39 is 0 Å². The van der Waals surface area contributed by atoms with Crippen LogP contribution in [0.1, 0.15) is 18.3 Å². The lowest BCUT2D eigenvalue weighted by molar-refractivity contribution is -0.118. The van der Waals surface area contributed by atoms with E-state index in [1.165, 1.54) is 11.8 Å². The van der Waals surface area contributed by atoms with E-state index in [9.17, 15) is 4.79 Å². The summed E-state index contributed by atoms with van der Waals surface area (Å²) in [6.45, 7) is 3.58. The minimum Gasteiger partial charge on any atom is -0.272 e. The van der Waals surface area contributed by atoms with Gasteiger partial charge < -0.3 is 0 Å². The van der Waals surface area contributed by atoms with Gasteiger partial charge in [-0.1, -0.05) is 41.6 Å². The zero-order valence-electron chi connectivity index (χ0n) is 11.6. The van der Waals surface area contributed by atoms with Crippen molar-refractivity contribution in [1.82, 2.24) is 20.6 Å². The molecule has 0 spiro atoms. The van der Waals surface area contributed by atoms with Crippen LogP contribution in [0.25, 0.3) is 0 Å². The molecule has 2 N–H and O–H groups in total. The highest BCUT2D eigenvalue weighted by atomic mass is 35.5. The average molecular weight is 324 g/mol. The van der Waals surface area contributed by atoms with Gasteiger partial charge in [0.05, 0.1) is 11.5 Å². The minimum absolute atomic E-state index is 0.191. The lowest BCUT2D eigenvalue weighted by Crippen LogP contribution is -2.21. The Labute approximate surface area is 131 Å². The Balaban J connectivity index is 1.88. The van der Waals surface area contributed by atoms with Gasteiger partial charge in [0.25, 0.3) is 5.91 Å². The second-order valence-electron chi connectivity index (χ2n) is 4.20. The highest BCUT2D eigenvalue weighted by Gasteiger charge is 2.07. The van der Waals surface area contributed by atoms with Crippen LogP contribution in [0.4, 0.5) is 0 Å². The summed E-state index contributed by atoms with van der Waals surface area (Å²) in [5.74, 6) is 0.677. The number of carbonyl (C=O) groups is 1. The van der Waals surface area contributed by atoms with Gasteiger partial charge in [0.2, 0.25) is 5.16 Å². The van der Waals surface area contributed by atoms with Gasteiger partial charge >= 0.3 is 0 Å². The monoisotopic (exact) mass is 323 g/mol. The number of rotatable bonds is 5. The van der Waals surface area contributed by atoms with E-state index in [1.54, 1.807) is 19.9 Å². The van der Waals surface area contributed by atoms with Crippen molar-refractivity contribution in [1.29, 1.82) is 0 Å². The molecule has 0 aliphatic heterocycles. The number of nitrogens with one attached hydrogen (secondary N) is 2. The molecule has 0 fully saturated rings. The predicted octanol–water partition coefficient (Wildman–Crippen LogP) is 2.40. The SMILES string of the molecule is C/C(=N\NC(=O)CSc1n[nH]c(C)n1)c1ccccc1Cl. The number of halogens is 1. The van der Waals surface area contributed by atoms with Crippen LogP contribution < -0.4 is 5.43 Å². The smallest absolute Gasteiger partial charge is 0.250 e. The zero-order chi connectivity index (χ0) is 15.2. The average Bonchev–Trinajstić information content (AvgIpc) is 2.89. The number of nitrogens with zero attached hydrogens (tertiary/aromatic N) is 3. The Hall–Kier alpha value is -1.86. The quantitative estimate of drug-likeness (QED) is 0.503. The number of thioether (sulfide) groups is 1. The van der Waals surface area contributed by atoms with Gasteiger partial charge in [-0.25, -0.2) is 10.4 Å². The van der Waals surface area contributed by atoms with Crippen LogP contribution >= 0.6 is 23.4 Å². The van der Waals surface area contributed by atoms with Crippen LogP contribution in [0.15, 0.2) is 34.5 Å². The first-order valence-electron chi connectivity index (χ1n) is 6.16. The number of H-pyrrole nitrogens is 1. The van der Waals surface area contributed by atoms with Gasteiger partial charge in [-0.2, -0.15) is 5.10 Å². The van der Waals surface area contributed by atoms with Crippen molar-refractivity contribution in [2.45, 2.75) is 19.0 Å². The van der Waals surface area contributed by atoms with E-state index in [2.05, 4.69) is 25.7 Å². The van der Waals surface area contributed by atoms with Crippen molar-refractivity contribution in [2.75, 3.05) is 5.75 Å². The number of aromatic amines is 1. The first-order valence-corrected chi connectivity index (χ1v) is 7.52. The van der Waals surface area contributed by atoms with Crippen LogP contribution in [-0.2, 0) is 4.79 Å². The van der Waals surface area contributed by atoms with E-state index >= 15 is 0 Å². The molecule has 1 heterocycles. The van der Waals surface area contributed by atoms with Gasteiger partial charge in [-0.05, 0) is 19.9 Å². The summed E-state index contributed by atoms with van der Waals surface area (Å²) in [7, 11) is 0. The van der Waals surface area contributed by atoms with Crippen molar-refractivity contribution in [3.63, 3.8) is 0 Å². The molecule has 2 aromatic rings. The fourth-order valence-corrected chi connectivity index (χ4v) is 2.42. The summed E-state index contributed by atoms with van der Waals surface area (Å²) in [6, 6.07) is 7.33. The molecule has 0 saturated heterocycles. The van der Waals surface area contributed by atoms with E-state index in [1.807, 2.05) is 18.2 Å². The van der Waals surface area contributed by atoms with Crippen molar-refractivity contribution in [3.8, 4) is 0 Å². The normalized spacial score (nSPS) is 11.5. The number of amides is 1. The fourth-order valence-electron chi connectivity index (χ4n) is 1.51. The third kappa shape index (κ3) is 4.57. The second kappa shape index (κ2) is 7.24. The molecule has 0 saturated carbocycles. The zero-order valence-corrected chi connectivity index (χ0v) is 13.1. The summed E-state index contributed by atoms with van der Waals surface area (Å²) in [5, 5.41) is 11.8. The third-order valence-electron chi connectivity index (χ3n) is 2.52. The standard InChI is InChI=1S/C13H14ClN5OS/c1-8(10-5-3-4-6-11(10)14)16-18-12(20)7-21-13-15-9(2)17-19-13/h3-6H,7H2,1-2H3,(H,18,20)(H,15,17,19)/b16-8+. The highest BCUT2D eigenvalue weighted by Crippen LogP contribution is 2.15. The molecule has 1 aromatic heterocycles. The maximum Gasteiger partial charge on any atom is 0.250 e. The molecule has 110 valence electrons. The van der Waals surface area contributed by atoms with Crippen LogP contribution in [0.5, 0.6) is 0 Å². The molecule has 0 aliphatic rings. The summed E-state index contributed by atoms with van der Waals surface area (Å²) in [5.41, 5.74) is 3.92. The van der Waals surface area contributed by atoms with Crippen LogP contribution in [0.3, 0.4) is 0 Å². The first-order chi connectivity index (χ1) is 10.1. The van der Waals surface area contributed by atoms with Gasteiger partial charge in [-0.3, -0.25) is 9.89 Å². The fraction of sp³-hybridized carbons (Fsp3) is 0.231. The van der Waals surface area contributed by atoms with Crippen molar-refractivity contribution >= 4 is 35.0 Å². The molecule has 0 unspecified atom stereocenters. The number of carbonyl (C=O) groups excluding carboxylic acids is 1. The Morgan fingerprint density at radius 3 is 2.90 bits per heavy atom. The van der Waals surface area contributed by atoms with Crippen LogP contribution in [0, 0.1) is 6.92 Å². The second-order valence-corrected chi connectivity index (χ2v) is 5.55. The molecular weight excluding hydrogens is 310 g/mol. The Kier molecular flexibility index (Phi) is 5.35. The largest absolute Gasteiger partial charge is 0.272 e. The summed E-state index contributed by atoms with van der Waals surface area (Å²) < 4.78 is 0. The molecule has 0 radical (unpaired) electrons. The summed E-state index contributed by atoms with van der Waals surface area (Å²) >= 11 is 7.30. The summed E-state index contributed by atoms with van der Waals surface area (Å²) in [6.07, 6.45) is 0. The molecule has 8 heteroatoms. The molecule has 1 amide bonds. The van der Waals surface area contributed by atoms with Gasteiger partial charge in [0.1, 0.15) is 5.82 Å². The maximum atomic E-state index is 11.7. The van der Waals surface area contributed by atoms with Gasteiger partial charge in [0, 0.05) is 10.6 Å². The van der Waals surface area contributed by atoms with Crippen molar-refractivity contribution < 1.29 is 4.79 Å². The Morgan fingerprint density at radius 1 is 1.48 bits per heavy atom. The Bertz CT molecular complexity index is 670. The van der Waals surface area contributed by atoms with E-state index in [4.69, 9.17) is 11.6 Å². The van der Waals surface area contributed by atoms with Crippen molar-refractivity contribution in [2.24, 2.45) is 5.10 Å². The van der Waals surface area contributed by atoms with Gasteiger partial charge in [-0.15, -0.1) is 5.10 Å². The number of aryl methyl sites for hydroxylation is 1. The summed E-state index contributed by atoms with van der Waals surface area (Å²) in [4.78, 5) is 15.8. The molecule has 21 heavy (non-hydrogen) atoms. The molecule has 1 aromatic carbocycles. The van der Waals surface area contributed by atoms with Gasteiger partial charge in [0.15, 0.2) is 0 Å². The molecule has 0 atom stereocenters. The van der Waals surface area contributed by atoms with Crippen molar-refractivity contribution in [3.05, 3.63) is 40.7 Å². The first kappa shape index (κ1) is 15.5. The lowest BCUT2D eigenvalue weighted by atomic mass is 10.1. The topological polar surface area (TPSA) is 83.0 Å². The van der Waals surface area contributed by atoms with E-state index in [-0.39, 0.29) is 11.7 Å². The number of hydrazone groups is 1. The minimum atomic E-state index is -0.228. The van der Waals surface area contributed by atoms with E-state index in [0.717, 1.165) is 5.56 Å². The molecule has 2 rings (SSSR count). The number of aromatic nitrogens is 3. The molecule has 0 bridgehead atoms. The molecule has 6 nitrogen and oxygen atoms in total. The van der Waals surface area contributed by atoms with E-state index in [0.29, 0.717) is 21.7 Å². The third-order valence-corrected chi connectivity index (χ3v) is 3.70.